The molecule has 0 saturated carbocycles. The normalized spacial score (nSPS) is 21.0. The van der Waals surface area contributed by atoms with Crippen molar-refractivity contribution in [1.29, 1.82) is 0 Å². The third-order valence-electron chi connectivity index (χ3n) is 5.65. The third-order valence-corrected chi connectivity index (χ3v) is 5.65. The van der Waals surface area contributed by atoms with Gasteiger partial charge in [0.25, 0.3) is 11.8 Å². The van der Waals surface area contributed by atoms with Crippen molar-refractivity contribution in [2.75, 3.05) is 13.1 Å². The van der Waals surface area contributed by atoms with Gasteiger partial charge in [0.15, 0.2) is 0 Å². The molecule has 2 heterocycles. The molecule has 152 valence electrons. The summed E-state index contributed by atoms with van der Waals surface area (Å²) in [5.74, 6) is -0.529. The molecule has 2 aliphatic heterocycles. The zero-order valence-corrected chi connectivity index (χ0v) is 17.1. The fourth-order valence-corrected chi connectivity index (χ4v) is 4.86. The summed E-state index contributed by atoms with van der Waals surface area (Å²) in [6, 6.07) is 6.78. The lowest BCUT2D eigenvalue weighted by molar-refractivity contribution is 0.00318. The van der Waals surface area contributed by atoms with Crippen LogP contribution in [0.2, 0.25) is 0 Å². The summed E-state index contributed by atoms with van der Waals surface area (Å²) < 4.78 is 0. The Hall–Kier alpha value is -2.41. The number of benzene rings is 1. The molecule has 3 rings (SSSR count). The predicted octanol–water partition coefficient (Wildman–Crippen LogP) is 2.36. The molecule has 7 nitrogen and oxygen atoms in total. The Balaban J connectivity index is 1.55. The highest BCUT2D eigenvalue weighted by Gasteiger charge is 2.46. The monoisotopic (exact) mass is 386 g/mol. The number of carbonyl (C=O) groups excluding carboxylic acids is 3. The lowest BCUT2D eigenvalue weighted by Crippen LogP contribution is -2.67. The van der Waals surface area contributed by atoms with E-state index in [2.05, 4.69) is 5.32 Å². The first-order valence-electron chi connectivity index (χ1n) is 9.83. The lowest BCUT2D eigenvalue weighted by Gasteiger charge is -2.54. The zero-order valence-electron chi connectivity index (χ0n) is 17.1. The Kier molecular flexibility index (Phi) is 5.23. The topological polar surface area (TPSA) is 95.7 Å². The standard InChI is InChI=1S/C21H30N4O3/c1-20(2)12-14(22)13-21(3,4)25(20)19(28)23-10-7-11-24-17(26)15-8-5-6-9-16(15)18(24)27/h5-6,8-9,14H,7,10-13,22H2,1-4H3,(H,23,28). The minimum Gasteiger partial charge on any atom is -0.338 e. The summed E-state index contributed by atoms with van der Waals surface area (Å²) in [7, 11) is 0. The maximum absolute atomic E-state index is 12.9. The maximum Gasteiger partial charge on any atom is 0.318 e. The van der Waals surface area contributed by atoms with Gasteiger partial charge >= 0.3 is 6.03 Å². The van der Waals surface area contributed by atoms with Gasteiger partial charge in [0.1, 0.15) is 0 Å². The van der Waals surface area contributed by atoms with Crippen LogP contribution in [-0.2, 0) is 0 Å². The van der Waals surface area contributed by atoms with Crippen molar-refractivity contribution < 1.29 is 14.4 Å². The van der Waals surface area contributed by atoms with E-state index in [1.807, 2.05) is 32.6 Å². The number of likely N-dealkylation sites (tertiary alicyclic amines) is 1. The molecule has 7 heteroatoms. The number of nitrogens with two attached hydrogens (primary N) is 1. The first-order valence-corrected chi connectivity index (χ1v) is 9.83. The Labute approximate surface area is 166 Å². The van der Waals surface area contributed by atoms with Crippen molar-refractivity contribution in [2.24, 2.45) is 5.73 Å². The molecule has 1 aromatic carbocycles. The molecule has 0 radical (unpaired) electrons. The fraction of sp³-hybridized carbons (Fsp3) is 0.571. The van der Waals surface area contributed by atoms with Crippen molar-refractivity contribution in [2.45, 2.75) is 64.1 Å². The van der Waals surface area contributed by atoms with E-state index in [-0.39, 0.29) is 41.5 Å². The molecule has 0 atom stereocenters. The summed E-state index contributed by atoms with van der Waals surface area (Å²) in [6.45, 7) is 8.81. The molecular formula is C21H30N4O3. The summed E-state index contributed by atoms with van der Waals surface area (Å²) in [4.78, 5) is 40.8. The molecule has 2 aliphatic rings. The van der Waals surface area contributed by atoms with Crippen molar-refractivity contribution in [3.63, 3.8) is 0 Å². The van der Waals surface area contributed by atoms with Gasteiger partial charge in [-0.3, -0.25) is 14.5 Å². The van der Waals surface area contributed by atoms with Crippen LogP contribution in [0.5, 0.6) is 0 Å². The van der Waals surface area contributed by atoms with Gasteiger partial charge in [0.05, 0.1) is 11.1 Å². The van der Waals surface area contributed by atoms with Crippen LogP contribution in [-0.4, -0.2) is 57.9 Å². The van der Waals surface area contributed by atoms with Gasteiger partial charge in [-0.25, -0.2) is 4.79 Å². The Morgan fingerprint density at radius 1 is 1.07 bits per heavy atom. The molecule has 1 fully saturated rings. The number of fused-ring (bicyclic) bond motifs is 1. The summed E-state index contributed by atoms with van der Waals surface area (Å²) in [6.07, 6.45) is 2.00. The van der Waals surface area contributed by atoms with E-state index in [0.717, 1.165) is 12.8 Å². The first-order chi connectivity index (χ1) is 13.0. The smallest absolute Gasteiger partial charge is 0.318 e. The van der Waals surface area contributed by atoms with Gasteiger partial charge in [-0.2, -0.15) is 0 Å². The molecule has 0 aliphatic carbocycles. The number of piperidine rings is 1. The van der Waals surface area contributed by atoms with Crippen LogP contribution >= 0.6 is 0 Å². The van der Waals surface area contributed by atoms with Crippen LogP contribution in [0.1, 0.15) is 67.7 Å². The van der Waals surface area contributed by atoms with E-state index in [1.165, 1.54) is 4.90 Å². The summed E-state index contributed by atoms with van der Waals surface area (Å²) in [5, 5.41) is 2.95. The van der Waals surface area contributed by atoms with Crippen LogP contribution in [0.25, 0.3) is 0 Å². The number of urea groups is 1. The summed E-state index contributed by atoms with van der Waals surface area (Å²) in [5.41, 5.74) is 6.39. The number of nitrogens with one attached hydrogen (secondary N) is 1. The highest BCUT2D eigenvalue weighted by molar-refractivity contribution is 6.21. The van der Waals surface area contributed by atoms with Crippen LogP contribution in [0.4, 0.5) is 4.79 Å². The molecule has 4 amide bonds. The molecule has 1 aromatic rings. The second kappa shape index (κ2) is 7.20. The van der Waals surface area contributed by atoms with E-state index in [0.29, 0.717) is 24.1 Å². The van der Waals surface area contributed by atoms with Crippen LogP contribution < -0.4 is 11.1 Å². The molecule has 0 bridgehead atoms. The lowest BCUT2D eigenvalue weighted by atomic mass is 9.77. The van der Waals surface area contributed by atoms with Crippen molar-refractivity contribution in [3.8, 4) is 0 Å². The van der Waals surface area contributed by atoms with Crippen LogP contribution in [0, 0.1) is 0 Å². The largest absolute Gasteiger partial charge is 0.338 e. The Morgan fingerprint density at radius 2 is 1.57 bits per heavy atom. The van der Waals surface area contributed by atoms with Gasteiger partial charge in [0.2, 0.25) is 0 Å². The summed E-state index contributed by atoms with van der Waals surface area (Å²) >= 11 is 0. The van der Waals surface area contributed by atoms with E-state index < -0.39 is 0 Å². The number of carbonyl (C=O) groups is 3. The van der Waals surface area contributed by atoms with Gasteiger partial charge in [-0.05, 0) is 59.1 Å². The molecule has 3 N–H and O–H groups in total. The van der Waals surface area contributed by atoms with Crippen molar-refractivity contribution >= 4 is 17.8 Å². The average molecular weight is 386 g/mol. The highest BCUT2D eigenvalue weighted by atomic mass is 16.2. The number of nitrogens with zero attached hydrogens (tertiary/aromatic N) is 2. The molecular weight excluding hydrogens is 356 g/mol. The fourth-order valence-electron chi connectivity index (χ4n) is 4.86. The molecule has 28 heavy (non-hydrogen) atoms. The number of hydrogen-bond acceptors (Lipinski definition) is 4. The van der Waals surface area contributed by atoms with Gasteiger partial charge in [-0.1, -0.05) is 12.1 Å². The van der Waals surface area contributed by atoms with E-state index in [9.17, 15) is 14.4 Å². The number of amides is 4. The van der Waals surface area contributed by atoms with Crippen molar-refractivity contribution in [1.82, 2.24) is 15.1 Å². The van der Waals surface area contributed by atoms with Crippen LogP contribution in [0.15, 0.2) is 24.3 Å². The number of rotatable bonds is 4. The molecule has 1 saturated heterocycles. The second-order valence-corrected chi connectivity index (χ2v) is 9.02. The van der Waals surface area contributed by atoms with Crippen molar-refractivity contribution in [3.05, 3.63) is 35.4 Å². The van der Waals surface area contributed by atoms with Gasteiger partial charge < -0.3 is 16.0 Å². The Bertz CT molecular complexity index is 750. The zero-order chi connectivity index (χ0) is 20.7. The first kappa shape index (κ1) is 20.3. The van der Waals surface area contributed by atoms with Gasteiger partial charge in [-0.15, -0.1) is 0 Å². The average Bonchev–Trinajstić information content (AvgIpc) is 2.81. The Morgan fingerprint density at radius 3 is 2.07 bits per heavy atom. The SMILES string of the molecule is CC1(C)CC(N)CC(C)(C)N1C(=O)NCCCN1C(=O)c2ccccc2C1=O. The quantitative estimate of drug-likeness (QED) is 0.613. The molecule has 0 aromatic heterocycles. The van der Waals surface area contributed by atoms with E-state index in [4.69, 9.17) is 5.73 Å². The molecule has 0 unspecified atom stereocenters. The highest BCUT2D eigenvalue weighted by Crippen LogP contribution is 2.37. The third kappa shape index (κ3) is 3.63. The second-order valence-electron chi connectivity index (χ2n) is 9.02. The van der Waals surface area contributed by atoms with Gasteiger partial charge in [0, 0.05) is 30.2 Å². The number of hydrogen-bond donors (Lipinski definition) is 2. The van der Waals surface area contributed by atoms with Crippen LogP contribution in [0.3, 0.4) is 0 Å². The predicted molar refractivity (Wildman–Crippen MR) is 107 cm³/mol. The maximum atomic E-state index is 12.9. The minimum absolute atomic E-state index is 0.0721. The number of imide groups is 1. The van der Waals surface area contributed by atoms with E-state index >= 15 is 0 Å². The van der Waals surface area contributed by atoms with E-state index in [1.54, 1.807) is 24.3 Å². The molecule has 0 spiro atoms. The minimum atomic E-state index is -0.340.